The SMILES string of the molecule is CC1(C)OB(c2ccc3c(c2)N(C2CCCC2)C(=O)C3)OC1(C)C. The zero-order valence-electron chi connectivity index (χ0n) is 15.1. The fourth-order valence-electron chi connectivity index (χ4n) is 4.03. The first-order valence-electron chi connectivity index (χ1n) is 9.09. The van der Waals surface area contributed by atoms with Crippen molar-refractivity contribution in [2.75, 3.05) is 4.90 Å². The summed E-state index contributed by atoms with van der Waals surface area (Å²) in [4.78, 5) is 14.6. The first-order valence-corrected chi connectivity index (χ1v) is 9.09. The summed E-state index contributed by atoms with van der Waals surface area (Å²) < 4.78 is 12.3. The van der Waals surface area contributed by atoms with E-state index in [1.54, 1.807) is 0 Å². The molecule has 0 N–H and O–H groups in total. The van der Waals surface area contributed by atoms with Crippen molar-refractivity contribution in [3.63, 3.8) is 0 Å². The van der Waals surface area contributed by atoms with Crippen LogP contribution in [0, 0.1) is 0 Å². The average molecular weight is 327 g/mol. The number of hydrogen-bond donors (Lipinski definition) is 0. The highest BCUT2D eigenvalue weighted by atomic mass is 16.7. The molecule has 0 aromatic heterocycles. The predicted octanol–water partition coefficient (Wildman–Crippen LogP) is 2.82. The van der Waals surface area contributed by atoms with Crippen molar-refractivity contribution in [2.45, 2.75) is 77.0 Å². The van der Waals surface area contributed by atoms with Gasteiger partial charge in [0, 0.05) is 11.7 Å². The number of carbonyl (C=O) groups excluding carboxylic acids is 1. The first-order chi connectivity index (χ1) is 11.3. The van der Waals surface area contributed by atoms with Crippen LogP contribution in [0.1, 0.15) is 58.9 Å². The van der Waals surface area contributed by atoms with Gasteiger partial charge in [-0.2, -0.15) is 0 Å². The Morgan fingerprint density at radius 1 is 1.08 bits per heavy atom. The van der Waals surface area contributed by atoms with Gasteiger partial charge >= 0.3 is 7.12 Å². The monoisotopic (exact) mass is 327 g/mol. The highest BCUT2D eigenvalue weighted by Gasteiger charge is 2.52. The standard InChI is InChI=1S/C19H26BNO3/c1-18(2)19(3,4)24-20(23-18)14-10-9-13-11-17(22)21(16(13)12-14)15-7-5-6-8-15/h9-10,12,15H,5-8,11H2,1-4H3. The lowest BCUT2D eigenvalue weighted by molar-refractivity contribution is -0.117. The predicted molar refractivity (Wildman–Crippen MR) is 95.6 cm³/mol. The summed E-state index contributed by atoms with van der Waals surface area (Å²) in [7, 11) is -0.374. The number of hydrogen-bond acceptors (Lipinski definition) is 3. The summed E-state index contributed by atoms with van der Waals surface area (Å²) >= 11 is 0. The number of amides is 1. The van der Waals surface area contributed by atoms with Crippen LogP contribution < -0.4 is 10.4 Å². The van der Waals surface area contributed by atoms with Crippen LogP contribution in [-0.2, 0) is 20.5 Å². The van der Waals surface area contributed by atoms with Crippen LogP contribution in [0.15, 0.2) is 18.2 Å². The molecule has 1 amide bonds. The largest absolute Gasteiger partial charge is 0.494 e. The first kappa shape index (κ1) is 16.2. The van der Waals surface area contributed by atoms with Gasteiger partial charge < -0.3 is 14.2 Å². The van der Waals surface area contributed by atoms with Gasteiger partial charge in [-0.3, -0.25) is 4.79 Å². The quantitative estimate of drug-likeness (QED) is 0.784. The molecule has 2 heterocycles. The number of nitrogens with zero attached hydrogens (tertiary/aromatic N) is 1. The zero-order chi connectivity index (χ0) is 17.1. The van der Waals surface area contributed by atoms with E-state index in [9.17, 15) is 4.79 Å². The highest BCUT2D eigenvalue weighted by molar-refractivity contribution is 6.62. The van der Waals surface area contributed by atoms with Crippen molar-refractivity contribution < 1.29 is 14.1 Å². The summed E-state index contributed by atoms with van der Waals surface area (Å²) in [6, 6.07) is 6.60. The Morgan fingerprint density at radius 3 is 2.33 bits per heavy atom. The molecule has 2 fully saturated rings. The second-order valence-electron chi connectivity index (χ2n) is 8.36. The van der Waals surface area contributed by atoms with E-state index in [4.69, 9.17) is 9.31 Å². The van der Waals surface area contributed by atoms with Crippen molar-refractivity contribution in [1.82, 2.24) is 0 Å². The number of fused-ring (bicyclic) bond motifs is 1. The van der Waals surface area contributed by atoms with Crippen molar-refractivity contribution in [3.8, 4) is 0 Å². The molecule has 0 unspecified atom stereocenters. The zero-order valence-corrected chi connectivity index (χ0v) is 15.1. The number of benzene rings is 1. The molecule has 0 atom stereocenters. The number of carbonyl (C=O) groups is 1. The van der Waals surface area contributed by atoms with Gasteiger partial charge in [-0.1, -0.05) is 25.0 Å². The highest BCUT2D eigenvalue weighted by Crippen LogP contribution is 2.38. The minimum Gasteiger partial charge on any atom is -0.399 e. The molecule has 4 rings (SSSR count). The van der Waals surface area contributed by atoms with Gasteiger partial charge in [-0.05, 0) is 57.6 Å². The molecule has 0 bridgehead atoms. The maximum Gasteiger partial charge on any atom is 0.494 e. The molecule has 4 nitrogen and oxygen atoms in total. The minimum absolute atomic E-state index is 0.239. The number of rotatable bonds is 2. The van der Waals surface area contributed by atoms with E-state index in [2.05, 4.69) is 39.8 Å². The Labute approximate surface area is 144 Å². The lowest BCUT2D eigenvalue weighted by Crippen LogP contribution is -2.41. The van der Waals surface area contributed by atoms with Gasteiger partial charge in [0.15, 0.2) is 0 Å². The second-order valence-corrected chi connectivity index (χ2v) is 8.36. The van der Waals surface area contributed by atoms with Crippen LogP contribution >= 0.6 is 0 Å². The summed E-state index contributed by atoms with van der Waals surface area (Å²) in [5, 5.41) is 0. The van der Waals surface area contributed by atoms with Crippen LogP contribution in [0.25, 0.3) is 0 Å². The van der Waals surface area contributed by atoms with Gasteiger partial charge in [0.05, 0.1) is 17.6 Å². The van der Waals surface area contributed by atoms with E-state index in [1.165, 1.54) is 12.8 Å². The normalized spacial score (nSPS) is 25.6. The van der Waals surface area contributed by atoms with E-state index in [0.29, 0.717) is 12.5 Å². The summed E-state index contributed by atoms with van der Waals surface area (Å²) in [6.45, 7) is 8.26. The molecule has 1 aromatic carbocycles. The summed E-state index contributed by atoms with van der Waals surface area (Å²) in [5.41, 5.74) is 2.51. The molecular formula is C19H26BNO3. The number of anilines is 1. The van der Waals surface area contributed by atoms with Gasteiger partial charge in [-0.25, -0.2) is 0 Å². The third kappa shape index (κ3) is 2.41. The summed E-state index contributed by atoms with van der Waals surface area (Å²) in [6.07, 6.45) is 5.20. The average Bonchev–Trinajstić information content (AvgIpc) is 3.15. The van der Waals surface area contributed by atoms with Crippen molar-refractivity contribution in [1.29, 1.82) is 0 Å². The molecule has 1 aliphatic carbocycles. The van der Waals surface area contributed by atoms with E-state index >= 15 is 0 Å². The molecule has 1 saturated heterocycles. The molecule has 5 heteroatoms. The van der Waals surface area contributed by atoms with Gasteiger partial charge in [0.1, 0.15) is 0 Å². The van der Waals surface area contributed by atoms with E-state index in [0.717, 1.165) is 29.6 Å². The van der Waals surface area contributed by atoms with Crippen LogP contribution in [0.4, 0.5) is 5.69 Å². The Hall–Kier alpha value is -1.33. The molecule has 1 saturated carbocycles. The fourth-order valence-corrected chi connectivity index (χ4v) is 4.03. The molecule has 0 radical (unpaired) electrons. The topological polar surface area (TPSA) is 38.8 Å². The Kier molecular flexibility index (Phi) is 3.59. The van der Waals surface area contributed by atoms with Crippen molar-refractivity contribution in [2.24, 2.45) is 0 Å². The van der Waals surface area contributed by atoms with Crippen LogP contribution in [0.5, 0.6) is 0 Å². The molecule has 2 aliphatic heterocycles. The van der Waals surface area contributed by atoms with Gasteiger partial charge in [-0.15, -0.1) is 0 Å². The molecule has 0 spiro atoms. The van der Waals surface area contributed by atoms with Crippen molar-refractivity contribution >= 4 is 24.2 Å². The van der Waals surface area contributed by atoms with Crippen LogP contribution in [-0.4, -0.2) is 30.3 Å². The third-order valence-electron chi connectivity index (χ3n) is 6.19. The smallest absolute Gasteiger partial charge is 0.399 e. The fraction of sp³-hybridized carbons (Fsp3) is 0.632. The van der Waals surface area contributed by atoms with Crippen LogP contribution in [0.3, 0.4) is 0 Å². The summed E-state index contributed by atoms with van der Waals surface area (Å²) in [5.74, 6) is 0.239. The maximum absolute atomic E-state index is 12.5. The van der Waals surface area contributed by atoms with Crippen LogP contribution in [0.2, 0.25) is 0 Å². The maximum atomic E-state index is 12.5. The Bertz CT molecular complexity index is 663. The van der Waals surface area contributed by atoms with Gasteiger partial charge in [0.25, 0.3) is 0 Å². The second kappa shape index (κ2) is 5.33. The molecule has 24 heavy (non-hydrogen) atoms. The van der Waals surface area contributed by atoms with Crippen molar-refractivity contribution in [3.05, 3.63) is 23.8 Å². The molecule has 1 aromatic rings. The van der Waals surface area contributed by atoms with E-state index in [-0.39, 0.29) is 24.2 Å². The Balaban J connectivity index is 1.66. The lowest BCUT2D eigenvalue weighted by atomic mass is 9.78. The van der Waals surface area contributed by atoms with E-state index in [1.807, 2.05) is 11.0 Å². The lowest BCUT2D eigenvalue weighted by Gasteiger charge is -2.32. The Morgan fingerprint density at radius 2 is 1.71 bits per heavy atom. The van der Waals surface area contributed by atoms with Gasteiger partial charge in [0.2, 0.25) is 5.91 Å². The molecule has 128 valence electrons. The minimum atomic E-state index is -0.374. The third-order valence-corrected chi connectivity index (χ3v) is 6.19. The van der Waals surface area contributed by atoms with E-state index < -0.39 is 0 Å². The molecule has 3 aliphatic rings. The molecular weight excluding hydrogens is 301 g/mol.